The number of benzene rings is 4. The van der Waals surface area contributed by atoms with Crippen LogP contribution in [-0.4, -0.2) is 56.4 Å². The van der Waals surface area contributed by atoms with E-state index in [1.54, 1.807) is 19.1 Å². The smallest absolute Gasteiger partial charge is 0.278 e. The Morgan fingerprint density at radius 3 is 2.72 bits per heavy atom. The van der Waals surface area contributed by atoms with E-state index in [-0.39, 0.29) is 17.6 Å². The molecule has 54 heavy (non-hydrogen) atoms. The van der Waals surface area contributed by atoms with Crippen LogP contribution in [0, 0.1) is 5.82 Å². The number of hydrogen-bond donors (Lipinski definition) is 2. The van der Waals surface area contributed by atoms with Crippen LogP contribution in [0.2, 0.25) is 5.02 Å². The average Bonchev–Trinajstić information content (AvgIpc) is 3.66. The maximum Gasteiger partial charge on any atom is 0.278 e. The van der Waals surface area contributed by atoms with Crippen molar-refractivity contribution < 1.29 is 23.4 Å². The number of hydrogen-bond acceptors (Lipinski definition) is 7. The van der Waals surface area contributed by atoms with E-state index in [1.807, 2.05) is 54.6 Å². The lowest BCUT2D eigenvalue weighted by Gasteiger charge is -2.29. The van der Waals surface area contributed by atoms with Crippen LogP contribution in [0.15, 0.2) is 78.9 Å². The van der Waals surface area contributed by atoms with Crippen molar-refractivity contribution in [3.05, 3.63) is 118 Å². The number of carbonyl (C=O) groups is 1. The molecule has 274 valence electrons. The molecule has 0 bridgehead atoms. The molecule has 2 unspecified atom stereocenters. The number of H-pyrrole nitrogens is 1. The predicted molar refractivity (Wildman–Crippen MR) is 204 cm³/mol. The third kappa shape index (κ3) is 6.00. The van der Waals surface area contributed by atoms with Crippen LogP contribution in [0.3, 0.4) is 0 Å². The number of imidazole rings is 1. The van der Waals surface area contributed by atoms with Crippen LogP contribution in [0.4, 0.5) is 10.1 Å². The van der Waals surface area contributed by atoms with E-state index in [0.29, 0.717) is 47.6 Å². The zero-order valence-corrected chi connectivity index (χ0v) is 30.5. The first-order valence-electron chi connectivity index (χ1n) is 18.6. The molecule has 2 fully saturated rings. The Balaban J connectivity index is 0.873. The van der Waals surface area contributed by atoms with Gasteiger partial charge in [-0.05, 0) is 91.9 Å². The number of carbonyl (C=O) groups excluding carboxylic acids is 1. The third-order valence-corrected chi connectivity index (χ3v) is 11.3. The monoisotopic (exact) mass is 744 g/mol. The Morgan fingerprint density at radius 1 is 1.06 bits per heavy atom. The summed E-state index contributed by atoms with van der Waals surface area (Å²) in [4.78, 5) is 21.0. The molecule has 6 aromatic rings. The van der Waals surface area contributed by atoms with Gasteiger partial charge in [0.2, 0.25) is 0 Å². The number of amides is 1. The van der Waals surface area contributed by atoms with E-state index in [4.69, 9.17) is 30.8 Å². The summed E-state index contributed by atoms with van der Waals surface area (Å²) in [5.74, 6) is 0.682. The van der Waals surface area contributed by atoms with Crippen LogP contribution in [-0.2, 0) is 23.6 Å². The Morgan fingerprint density at radius 2 is 1.94 bits per heavy atom. The lowest BCUT2D eigenvalue weighted by Crippen LogP contribution is -2.33. The van der Waals surface area contributed by atoms with E-state index in [0.717, 1.165) is 76.3 Å². The van der Waals surface area contributed by atoms with Gasteiger partial charge < -0.3 is 24.1 Å². The Labute approximate surface area is 315 Å². The highest BCUT2D eigenvalue weighted by Crippen LogP contribution is 2.49. The van der Waals surface area contributed by atoms with Gasteiger partial charge in [0.05, 0.1) is 41.3 Å². The van der Waals surface area contributed by atoms with Crippen LogP contribution in [0.25, 0.3) is 27.5 Å². The summed E-state index contributed by atoms with van der Waals surface area (Å²) in [5, 5.41) is 12.1. The van der Waals surface area contributed by atoms with Crippen molar-refractivity contribution in [3.8, 4) is 11.5 Å². The first-order valence-corrected chi connectivity index (χ1v) is 18.9. The molecule has 2 aromatic heterocycles. The van der Waals surface area contributed by atoms with Gasteiger partial charge in [-0.1, -0.05) is 29.8 Å². The third-order valence-electron chi connectivity index (χ3n) is 11.1. The van der Waals surface area contributed by atoms with Crippen LogP contribution >= 0.6 is 11.6 Å². The van der Waals surface area contributed by atoms with Crippen LogP contribution in [0.1, 0.15) is 71.5 Å². The molecule has 12 heteroatoms. The van der Waals surface area contributed by atoms with Crippen molar-refractivity contribution in [1.82, 2.24) is 24.6 Å². The van der Waals surface area contributed by atoms with Gasteiger partial charge in [0.1, 0.15) is 11.6 Å². The predicted octanol–water partition coefficient (Wildman–Crippen LogP) is 8.56. The number of aromatic nitrogens is 4. The number of fused-ring (bicyclic) bond motifs is 3. The molecule has 1 amide bonds. The number of ether oxygens (including phenoxy) is 3. The van der Waals surface area contributed by atoms with E-state index in [9.17, 15) is 9.18 Å². The maximum absolute atomic E-state index is 14.9. The van der Waals surface area contributed by atoms with E-state index >= 15 is 0 Å². The average molecular weight is 745 g/mol. The molecule has 4 aromatic carbocycles. The number of nitrogens with zero attached hydrogens (tertiary/aromatic N) is 4. The topological polar surface area (TPSA) is 107 Å². The summed E-state index contributed by atoms with van der Waals surface area (Å²) in [6, 6.07) is 21.9. The first kappa shape index (κ1) is 33.3. The molecule has 5 heterocycles. The fourth-order valence-electron chi connectivity index (χ4n) is 7.92. The van der Waals surface area contributed by atoms with Gasteiger partial charge in [-0.3, -0.25) is 14.8 Å². The van der Waals surface area contributed by atoms with Crippen molar-refractivity contribution >= 4 is 50.7 Å². The normalized spacial score (nSPS) is 21.0. The van der Waals surface area contributed by atoms with E-state index < -0.39 is 11.6 Å². The summed E-state index contributed by atoms with van der Waals surface area (Å²) in [7, 11) is 0. The largest absolute Gasteiger partial charge is 0.444 e. The quantitative estimate of drug-likeness (QED) is 0.153. The van der Waals surface area contributed by atoms with Gasteiger partial charge in [-0.15, -0.1) is 0 Å². The van der Waals surface area contributed by atoms with Gasteiger partial charge in [0.25, 0.3) is 11.7 Å². The Hall–Kier alpha value is -5.23. The second-order valence-electron chi connectivity index (χ2n) is 14.8. The van der Waals surface area contributed by atoms with Crippen molar-refractivity contribution in [2.45, 2.75) is 63.5 Å². The number of halogens is 2. The zero-order valence-electron chi connectivity index (χ0n) is 29.7. The standard InChI is InChI=1S/C42H38ClFN6O4/c1-42(32-10-8-27(43)20-33(32)44)53-37-4-2-3-30(40(37)54-42)24-13-16-49(17-14-24)23-38-46-35-19-26(7-12-36(35)50(38)22-29-15-18-52-29)41(51)45-28-9-11-34-31(21-28)39(48-47-34)25-5-6-25/h2-4,7-13,19-21,25,29H,5-6,14-18,22-23H2,1H3,(H,45,51)(H,47,48). The first-order chi connectivity index (χ1) is 26.3. The molecule has 10 nitrogen and oxygen atoms in total. The molecule has 2 atom stereocenters. The zero-order chi connectivity index (χ0) is 36.6. The van der Waals surface area contributed by atoms with Gasteiger partial charge in [0, 0.05) is 65.5 Å². The second-order valence-corrected chi connectivity index (χ2v) is 15.3. The van der Waals surface area contributed by atoms with Crippen molar-refractivity contribution in [2.75, 3.05) is 25.0 Å². The van der Waals surface area contributed by atoms with E-state index in [1.165, 1.54) is 18.9 Å². The van der Waals surface area contributed by atoms with Gasteiger partial charge in [-0.25, -0.2) is 9.37 Å². The highest BCUT2D eigenvalue weighted by Gasteiger charge is 2.42. The lowest BCUT2D eigenvalue weighted by molar-refractivity contribution is -0.0708. The van der Waals surface area contributed by atoms with Crippen molar-refractivity contribution in [1.29, 1.82) is 0 Å². The molecule has 10 rings (SSSR count). The number of para-hydroxylation sites is 1. The summed E-state index contributed by atoms with van der Waals surface area (Å²) in [6.07, 6.45) is 6.50. The summed E-state index contributed by atoms with van der Waals surface area (Å²) in [5.41, 5.74) is 7.50. The molecule has 3 aliphatic heterocycles. The summed E-state index contributed by atoms with van der Waals surface area (Å²) in [6.45, 7) is 5.36. The van der Waals surface area contributed by atoms with Crippen LogP contribution < -0.4 is 14.8 Å². The highest BCUT2D eigenvalue weighted by molar-refractivity contribution is 6.30. The fraction of sp³-hybridized carbons (Fsp3) is 0.310. The minimum absolute atomic E-state index is 0.143. The van der Waals surface area contributed by atoms with Crippen LogP contribution in [0.5, 0.6) is 11.5 Å². The minimum atomic E-state index is -1.31. The number of anilines is 1. The van der Waals surface area contributed by atoms with Gasteiger partial charge in [-0.2, -0.15) is 5.10 Å². The molecule has 0 radical (unpaired) electrons. The molecule has 1 saturated heterocycles. The number of aromatic amines is 1. The Kier molecular flexibility index (Phi) is 8.01. The molecule has 4 aliphatic rings. The molecule has 2 N–H and O–H groups in total. The molecular formula is C42H38ClFN6O4. The fourth-order valence-corrected chi connectivity index (χ4v) is 8.08. The van der Waals surface area contributed by atoms with Gasteiger partial charge in [0.15, 0.2) is 11.5 Å². The number of rotatable bonds is 9. The maximum atomic E-state index is 14.9. The number of nitrogens with one attached hydrogen (secondary N) is 2. The van der Waals surface area contributed by atoms with Gasteiger partial charge >= 0.3 is 0 Å². The molecular weight excluding hydrogens is 707 g/mol. The molecule has 1 saturated carbocycles. The minimum Gasteiger partial charge on any atom is -0.444 e. The highest BCUT2D eigenvalue weighted by atomic mass is 35.5. The summed E-state index contributed by atoms with van der Waals surface area (Å²) >= 11 is 6.01. The molecule has 1 aliphatic carbocycles. The molecule has 0 spiro atoms. The van der Waals surface area contributed by atoms with E-state index in [2.05, 4.69) is 31.1 Å². The second kappa shape index (κ2) is 13.0. The Bertz CT molecular complexity index is 2500. The van der Waals surface area contributed by atoms with Crippen molar-refractivity contribution in [2.24, 2.45) is 0 Å². The van der Waals surface area contributed by atoms with Crippen molar-refractivity contribution in [3.63, 3.8) is 0 Å². The SMILES string of the molecule is CC1(c2ccc(Cl)cc2F)Oc2cccc(C3=CCN(Cc4nc5cc(C(=O)Nc6ccc7n[nH]c(C8CC8)c7c6)ccc5n4CC4CCO4)CC3)c2O1. The lowest BCUT2D eigenvalue weighted by atomic mass is 9.98. The summed E-state index contributed by atoms with van der Waals surface area (Å²) < 4.78 is 35.6.